The second-order valence-corrected chi connectivity index (χ2v) is 11.0. The Kier molecular flexibility index (Phi) is 8.22. The standard InChI is InChI=1S/C27H27F3N2O5S/c28-27(29,30)19-10-12-21(13-11-19)38(36,37)31-16-20(33)15-23(17-6-2-1-3-7-17)26(35)32-25-22-9-5-4-8-18(22)14-24(25)34/h1-13,20,23-25,31,33-34H,14-16H2,(H,32,35)/t20-,23-,24+,25-/m0/s1. The Labute approximate surface area is 218 Å². The third-order valence-electron chi connectivity index (χ3n) is 6.53. The molecule has 4 atom stereocenters. The van der Waals surface area contributed by atoms with Crippen molar-refractivity contribution < 1.29 is 36.6 Å². The molecule has 0 heterocycles. The van der Waals surface area contributed by atoms with Gasteiger partial charge in [0.05, 0.1) is 34.6 Å². The first-order chi connectivity index (χ1) is 18.0. The van der Waals surface area contributed by atoms with E-state index in [0.717, 1.165) is 23.3 Å². The Hall–Kier alpha value is -3.25. The molecular weight excluding hydrogens is 521 g/mol. The van der Waals surface area contributed by atoms with Gasteiger partial charge in [-0.1, -0.05) is 54.6 Å². The molecule has 0 saturated carbocycles. The third-order valence-corrected chi connectivity index (χ3v) is 7.97. The highest BCUT2D eigenvalue weighted by molar-refractivity contribution is 7.89. The number of carbonyl (C=O) groups excluding carboxylic acids is 1. The topological polar surface area (TPSA) is 116 Å². The summed E-state index contributed by atoms with van der Waals surface area (Å²) >= 11 is 0. The first-order valence-electron chi connectivity index (χ1n) is 11.9. The minimum absolute atomic E-state index is 0.143. The lowest BCUT2D eigenvalue weighted by Crippen LogP contribution is -2.39. The summed E-state index contributed by atoms with van der Waals surface area (Å²) in [6.45, 7) is -0.463. The lowest BCUT2D eigenvalue weighted by Gasteiger charge is -2.24. The number of rotatable bonds is 9. The summed E-state index contributed by atoms with van der Waals surface area (Å²) in [4.78, 5) is 13.0. The summed E-state index contributed by atoms with van der Waals surface area (Å²) in [5.74, 6) is -1.30. The zero-order chi connectivity index (χ0) is 27.5. The van der Waals surface area contributed by atoms with Crippen molar-refractivity contribution in [2.75, 3.05) is 6.54 Å². The molecule has 0 saturated heterocycles. The maximum atomic E-state index is 13.4. The Morgan fingerprint density at radius 2 is 1.61 bits per heavy atom. The average molecular weight is 549 g/mol. The van der Waals surface area contributed by atoms with E-state index in [4.69, 9.17) is 0 Å². The van der Waals surface area contributed by atoms with Crippen LogP contribution in [0.3, 0.4) is 0 Å². The van der Waals surface area contributed by atoms with Crippen molar-refractivity contribution in [2.45, 2.75) is 48.1 Å². The Morgan fingerprint density at radius 1 is 0.974 bits per heavy atom. The van der Waals surface area contributed by atoms with Crippen LogP contribution in [0, 0.1) is 0 Å². The highest BCUT2D eigenvalue weighted by atomic mass is 32.2. The van der Waals surface area contributed by atoms with Crippen molar-refractivity contribution in [1.82, 2.24) is 10.0 Å². The van der Waals surface area contributed by atoms with Crippen LogP contribution in [0.25, 0.3) is 0 Å². The van der Waals surface area contributed by atoms with Gasteiger partial charge in [-0.3, -0.25) is 4.79 Å². The lowest BCUT2D eigenvalue weighted by atomic mass is 9.91. The molecule has 4 N–H and O–H groups in total. The quantitative estimate of drug-likeness (QED) is 0.328. The number of alkyl halides is 3. The molecule has 1 amide bonds. The SMILES string of the molecule is O=C(N[C@H]1c2ccccc2C[C@H]1O)[C@@H](C[C@H](O)CNS(=O)(=O)c1ccc(C(F)(F)F)cc1)c1ccccc1. The molecule has 1 aliphatic rings. The molecule has 0 unspecified atom stereocenters. The van der Waals surface area contributed by atoms with Crippen LogP contribution in [0.1, 0.15) is 40.6 Å². The van der Waals surface area contributed by atoms with Crippen LogP contribution in [0.2, 0.25) is 0 Å². The molecule has 3 aromatic carbocycles. The van der Waals surface area contributed by atoms with Crippen LogP contribution in [0.15, 0.2) is 83.8 Å². The molecule has 38 heavy (non-hydrogen) atoms. The third kappa shape index (κ3) is 6.41. The van der Waals surface area contributed by atoms with E-state index in [1.807, 2.05) is 24.3 Å². The number of hydrogen-bond acceptors (Lipinski definition) is 5. The average Bonchev–Trinajstić information content (AvgIpc) is 3.20. The molecule has 7 nitrogen and oxygen atoms in total. The van der Waals surface area contributed by atoms with Gasteiger partial charge in [-0.2, -0.15) is 13.2 Å². The predicted molar refractivity (Wildman–Crippen MR) is 133 cm³/mol. The van der Waals surface area contributed by atoms with Crippen LogP contribution in [0.4, 0.5) is 13.2 Å². The molecule has 1 aliphatic carbocycles. The van der Waals surface area contributed by atoms with E-state index >= 15 is 0 Å². The number of sulfonamides is 1. The minimum Gasteiger partial charge on any atom is -0.392 e. The van der Waals surface area contributed by atoms with Crippen molar-refractivity contribution in [1.29, 1.82) is 0 Å². The Bertz CT molecular complexity index is 1370. The first kappa shape index (κ1) is 27.8. The molecule has 0 fully saturated rings. The molecule has 0 radical (unpaired) electrons. The maximum Gasteiger partial charge on any atom is 0.416 e. The van der Waals surface area contributed by atoms with E-state index in [-0.39, 0.29) is 11.3 Å². The number of aliphatic hydroxyl groups is 2. The summed E-state index contributed by atoms with van der Waals surface area (Å²) in [5.41, 5.74) is 1.35. The van der Waals surface area contributed by atoms with Gasteiger partial charge in [-0.15, -0.1) is 0 Å². The van der Waals surface area contributed by atoms with Crippen LogP contribution < -0.4 is 10.0 Å². The van der Waals surface area contributed by atoms with Gasteiger partial charge >= 0.3 is 6.18 Å². The number of aliphatic hydroxyl groups excluding tert-OH is 2. The second-order valence-electron chi connectivity index (χ2n) is 9.18. The number of fused-ring (bicyclic) bond motifs is 1. The fourth-order valence-electron chi connectivity index (χ4n) is 4.55. The smallest absolute Gasteiger partial charge is 0.392 e. The number of halogens is 3. The molecule has 202 valence electrons. The fourth-order valence-corrected chi connectivity index (χ4v) is 5.62. The van der Waals surface area contributed by atoms with Gasteiger partial charge in [0.2, 0.25) is 15.9 Å². The molecule has 4 rings (SSSR count). The van der Waals surface area contributed by atoms with Crippen LogP contribution >= 0.6 is 0 Å². The Morgan fingerprint density at radius 3 is 2.26 bits per heavy atom. The number of nitrogens with one attached hydrogen (secondary N) is 2. The van der Waals surface area contributed by atoms with E-state index in [2.05, 4.69) is 10.0 Å². The number of hydrogen-bond donors (Lipinski definition) is 4. The zero-order valence-electron chi connectivity index (χ0n) is 20.1. The molecule has 0 aromatic heterocycles. The monoisotopic (exact) mass is 548 g/mol. The van der Waals surface area contributed by atoms with E-state index < -0.39 is 58.4 Å². The van der Waals surface area contributed by atoms with Gasteiger partial charge in [0.1, 0.15) is 0 Å². The summed E-state index contributed by atoms with van der Waals surface area (Å²) < 4.78 is 65.6. The van der Waals surface area contributed by atoms with E-state index in [0.29, 0.717) is 24.1 Å². The minimum atomic E-state index is -4.60. The fraction of sp³-hybridized carbons (Fsp3) is 0.296. The lowest BCUT2D eigenvalue weighted by molar-refractivity contribution is -0.137. The van der Waals surface area contributed by atoms with Crippen molar-refractivity contribution in [3.05, 3.63) is 101 Å². The van der Waals surface area contributed by atoms with Crippen molar-refractivity contribution >= 4 is 15.9 Å². The molecule has 3 aromatic rings. The predicted octanol–water partition coefficient (Wildman–Crippen LogP) is 3.29. The van der Waals surface area contributed by atoms with E-state index in [1.165, 1.54) is 0 Å². The van der Waals surface area contributed by atoms with Gasteiger partial charge in [-0.25, -0.2) is 13.1 Å². The van der Waals surface area contributed by atoms with Crippen molar-refractivity contribution in [3.63, 3.8) is 0 Å². The van der Waals surface area contributed by atoms with Crippen LogP contribution in [-0.4, -0.2) is 43.3 Å². The highest BCUT2D eigenvalue weighted by Crippen LogP contribution is 2.33. The normalized spacial score (nSPS) is 19.0. The number of carbonyl (C=O) groups is 1. The second kappa shape index (κ2) is 11.2. The highest BCUT2D eigenvalue weighted by Gasteiger charge is 2.35. The summed E-state index contributed by atoms with van der Waals surface area (Å²) in [5, 5.41) is 24.1. The summed E-state index contributed by atoms with van der Waals surface area (Å²) in [6, 6.07) is 18.4. The molecule has 0 aliphatic heterocycles. The summed E-state index contributed by atoms with van der Waals surface area (Å²) in [6.07, 6.45) is -6.46. The molecular formula is C27H27F3N2O5S. The number of amides is 1. The van der Waals surface area contributed by atoms with E-state index in [1.54, 1.807) is 30.3 Å². The molecule has 11 heteroatoms. The first-order valence-corrected chi connectivity index (χ1v) is 13.4. The van der Waals surface area contributed by atoms with E-state index in [9.17, 15) is 36.6 Å². The number of benzene rings is 3. The van der Waals surface area contributed by atoms with Crippen LogP contribution in [-0.2, 0) is 27.4 Å². The Balaban J connectivity index is 1.45. The van der Waals surface area contributed by atoms with Gasteiger partial charge in [0.25, 0.3) is 0 Å². The maximum absolute atomic E-state index is 13.4. The van der Waals surface area contributed by atoms with Gasteiger partial charge in [0, 0.05) is 13.0 Å². The zero-order valence-corrected chi connectivity index (χ0v) is 20.9. The van der Waals surface area contributed by atoms with Gasteiger partial charge in [-0.05, 0) is 47.4 Å². The largest absolute Gasteiger partial charge is 0.416 e. The molecule has 0 spiro atoms. The van der Waals surface area contributed by atoms with Crippen molar-refractivity contribution in [2.24, 2.45) is 0 Å². The van der Waals surface area contributed by atoms with Crippen LogP contribution in [0.5, 0.6) is 0 Å². The van der Waals surface area contributed by atoms with Gasteiger partial charge < -0.3 is 15.5 Å². The van der Waals surface area contributed by atoms with Gasteiger partial charge in [0.15, 0.2) is 0 Å². The summed E-state index contributed by atoms with van der Waals surface area (Å²) in [7, 11) is -4.21. The molecule has 0 bridgehead atoms. The van der Waals surface area contributed by atoms with Crippen molar-refractivity contribution in [3.8, 4) is 0 Å².